The van der Waals surface area contributed by atoms with E-state index in [9.17, 15) is 9.59 Å². The molecule has 0 saturated carbocycles. The first-order valence-corrected chi connectivity index (χ1v) is 7.53. The molecule has 0 aromatic heterocycles. The smallest absolute Gasteiger partial charge is 0.225 e. The number of carbonyl (C=O) groups is 2. The monoisotopic (exact) mass is 306 g/mol. The molecular formula is C17H26N2O3. The number of nitrogens with one attached hydrogen (secondary N) is 2. The molecule has 0 radical (unpaired) electrons. The van der Waals surface area contributed by atoms with Gasteiger partial charge in [-0.05, 0) is 19.1 Å². The third kappa shape index (κ3) is 7.11. The molecule has 5 heteroatoms. The van der Waals surface area contributed by atoms with Crippen molar-refractivity contribution in [1.82, 2.24) is 10.6 Å². The second-order valence-corrected chi connectivity index (χ2v) is 6.27. The Bertz CT molecular complexity index is 490. The first-order chi connectivity index (χ1) is 10.3. The van der Waals surface area contributed by atoms with Crippen molar-refractivity contribution in [3.8, 4) is 5.75 Å². The van der Waals surface area contributed by atoms with Gasteiger partial charge >= 0.3 is 0 Å². The predicted molar refractivity (Wildman–Crippen MR) is 86.8 cm³/mol. The molecule has 0 aliphatic carbocycles. The molecule has 1 aromatic carbocycles. The molecule has 5 nitrogen and oxygen atoms in total. The van der Waals surface area contributed by atoms with Crippen molar-refractivity contribution in [3.05, 3.63) is 29.8 Å². The van der Waals surface area contributed by atoms with Crippen molar-refractivity contribution >= 4 is 11.8 Å². The zero-order valence-electron chi connectivity index (χ0n) is 13.9. The molecule has 0 spiro atoms. The Labute approximate surface area is 132 Å². The van der Waals surface area contributed by atoms with E-state index in [1.54, 1.807) is 0 Å². The van der Waals surface area contributed by atoms with E-state index in [2.05, 4.69) is 10.6 Å². The normalized spacial score (nSPS) is 10.9. The van der Waals surface area contributed by atoms with Gasteiger partial charge in [0.2, 0.25) is 11.8 Å². The Morgan fingerprint density at radius 2 is 1.68 bits per heavy atom. The van der Waals surface area contributed by atoms with Crippen LogP contribution >= 0.6 is 0 Å². The zero-order valence-corrected chi connectivity index (χ0v) is 13.9. The number of hydrogen-bond acceptors (Lipinski definition) is 3. The number of rotatable bonds is 7. The SMILES string of the molecule is Cc1ccc(OCCNC(=O)CCNC(=O)C(C)(C)C)cc1. The van der Waals surface area contributed by atoms with E-state index >= 15 is 0 Å². The molecule has 0 bridgehead atoms. The summed E-state index contributed by atoms with van der Waals surface area (Å²) in [6.45, 7) is 8.74. The maximum atomic E-state index is 11.6. The Kier molecular flexibility index (Phi) is 6.89. The first-order valence-electron chi connectivity index (χ1n) is 7.53. The van der Waals surface area contributed by atoms with Crippen LogP contribution in [0.3, 0.4) is 0 Å². The van der Waals surface area contributed by atoms with E-state index in [1.165, 1.54) is 5.56 Å². The molecule has 0 aliphatic heterocycles. The number of ether oxygens (including phenoxy) is 1. The summed E-state index contributed by atoms with van der Waals surface area (Å²) in [5.74, 6) is 0.641. The summed E-state index contributed by atoms with van der Waals surface area (Å²) >= 11 is 0. The van der Waals surface area contributed by atoms with Crippen LogP contribution in [0.1, 0.15) is 32.8 Å². The largest absolute Gasteiger partial charge is 0.492 e. The lowest BCUT2D eigenvalue weighted by Gasteiger charge is -2.17. The van der Waals surface area contributed by atoms with Crippen LogP contribution in [-0.2, 0) is 9.59 Å². The molecule has 2 amide bonds. The first kappa shape index (κ1) is 18.0. The van der Waals surface area contributed by atoms with Crippen LogP contribution in [-0.4, -0.2) is 31.5 Å². The standard InChI is InChI=1S/C17H26N2O3/c1-13-5-7-14(8-6-13)22-12-11-18-15(20)9-10-19-16(21)17(2,3)4/h5-8H,9-12H2,1-4H3,(H,18,20)(H,19,21). The molecule has 122 valence electrons. The van der Waals surface area contributed by atoms with E-state index in [0.717, 1.165) is 5.75 Å². The van der Waals surface area contributed by atoms with Gasteiger partial charge in [-0.3, -0.25) is 9.59 Å². The summed E-state index contributed by atoms with van der Waals surface area (Å²) in [6, 6.07) is 7.76. The number of benzene rings is 1. The number of aryl methyl sites for hydroxylation is 1. The van der Waals surface area contributed by atoms with Gasteiger partial charge in [0.1, 0.15) is 12.4 Å². The van der Waals surface area contributed by atoms with Crippen LogP contribution in [0, 0.1) is 12.3 Å². The predicted octanol–water partition coefficient (Wildman–Crippen LogP) is 2.04. The highest BCUT2D eigenvalue weighted by Gasteiger charge is 2.20. The third-order valence-corrected chi connectivity index (χ3v) is 3.03. The van der Waals surface area contributed by atoms with E-state index in [0.29, 0.717) is 19.7 Å². The van der Waals surface area contributed by atoms with E-state index < -0.39 is 5.41 Å². The summed E-state index contributed by atoms with van der Waals surface area (Å²) in [6.07, 6.45) is 0.270. The molecule has 0 atom stereocenters. The minimum atomic E-state index is -0.432. The number of hydrogen-bond donors (Lipinski definition) is 2. The van der Waals surface area contributed by atoms with Crippen LogP contribution in [0.25, 0.3) is 0 Å². The molecule has 0 fully saturated rings. The van der Waals surface area contributed by atoms with Crippen LogP contribution in [0.4, 0.5) is 0 Å². The lowest BCUT2D eigenvalue weighted by atomic mass is 9.96. The average molecular weight is 306 g/mol. The van der Waals surface area contributed by atoms with Crippen molar-refractivity contribution < 1.29 is 14.3 Å². The summed E-state index contributed by atoms with van der Waals surface area (Å²) in [7, 11) is 0. The quantitative estimate of drug-likeness (QED) is 0.758. The fourth-order valence-corrected chi connectivity index (χ4v) is 1.64. The molecule has 0 heterocycles. The molecule has 22 heavy (non-hydrogen) atoms. The highest BCUT2D eigenvalue weighted by Crippen LogP contribution is 2.12. The van der Waals surface area contributed by atoms with Crippen LogP contribution < -0.4 is 15.4 Å². The highest BCUT2D eigenvalue weighted by molar-refractivity contribution is 5.82. The molecule has 1 rings (SSSR count). The molecule has 0 aliphatic rings. The van der Waals surface area contributed by atoms with Crippen molar-refractivity contribution in [3.63, 3.8) is 0 Å². The van der Waals surface area contributed by atoms with Crippen molar-refractivity contribution in [2.24, 2.45) is 5.41 Å². The number of carbonyl (C=O) groups excluding carboxylic acids is 2. The third-order valence-electron chi connectivity index (χ3n) is 3.03. The maximum absolute atomic E-state index is 11.6. The van der Waals surface area contributed by atoms with E-state index in [-0.39, 0.29) is 18.2 Å². The van der Waals surface area contributed by atoms with Gasteiger partial charge in [-0.25, -0.2) is 0 Å². The lowest BCUT2D eigenvalue weighted by molar-refractivity contribution is -0.128. The van der Waals surface area contributed by atoms with Gasteiger partial charge in [-0.2, -0.15) is 0 Å². The van der Waals surface area contributed by atoms with Crippen molar-refractivity contribution in [2.45, 2.75) is 34.1 Å². The minimum absolute atomic E-state index is 0.0528. The van der Waals surface area contributed by atoms with E-state index in [4.69, 9.17) is 4.74 Å². The Morgan fingerprint density at radius 1 is 1.05 bits per heavy atom. The fourth-order valence-electron chi connectivity index (χ4n) is 1.64. The van der Waals surface area contributed by atoms with Gasteiger partial charge in [0, 0.05) is 18.4 Å². The molecule has 0 unspecified atom stereocenters. The second kappa shape index (κ2) is 8.41. The number of amides is 2. The summed E-state index contributed by atoms with van der Waals surface area (Å²) < 4.78 is 5.51. The van der Waals surface area contributed by atoms with Crippen LogP contribution in [0.5, 0.6) is 5.75 Å². The average Bonchev–Trinajstić information content (AvgIpc) is 2.44. The lowest BCUT2D eigenvalue weighted by Crippen LogP contribution is -2.37. The maximum Gasteiger partial charge on any atom is 0.225 e. The zero-order chi connectivity index (χ0) is 16.6. The summed E-state index contributed by atoms with van der Waals surface area (Å²) in [5, 5.41) is 5.51. The fraction of sp³-hybridized carbons (Fsp3) is 0.529. The molecule has 1 aromatic rings. The molecular weight excluding hydrogens is 280 g/mol. The van der Waals surface area contributed by atoms with Gasteiger partial charge in [-0.1, -0.05) is 38.5 Å². The van der Waals surface area contributed by atoms with Crippen LogP contribution in [0.15, 0.2) is 24.3 Å². The van der Waals surface area contributed by atoms with E-state index in [1.807, 2.05) is 52.0 Å². The summed E-state index contributed by atoms with van der Waals surface area (Å²) in [5.41, 5.74) is 0.746. The highest BCUT2D eigenvalue weighted by atomic mass is 16.5. The van der Waals surface area contributed by atoms with Crippen LogP contribution in [0.2, 0.25) is 0 Å². The Morgan fingerprint density at radius 3 is 2.27 bits per heavy atom. The molecule has 2 N–H and O–H groups in total. The summed E-state index contributed by atoms with van der Waals surface area (Å²) in [4.78, 5) is 23.2. The Balaban J connectivity index is 2.11. The van der Waals surface area contributed by atoms with Gasteiger partial charge in [0.05, 0.1) is 6.54 Å². The second-order valence-electron chi connectivity index (χ2n) is 6.27. The minimum Gasteiger partial charge on any atom is -0.492 e. The van der Waals surface area contributed by atoms with Gasteiger partial charge in [0.25, 0.3) is 0 Å². The Hall–Kier alpha value is -2.04. The van der Waals surface area contributed by atoms with Crippen molar-refractivity contribution in [2.75, 3.05) is 19.7 Å². The molecule has 0 saturated heterocycles. The topological polar surface area (TPSA) is 67.4 Å². The van der Waals surface area contributed by atoms with Gasteiger partial charge in [-0.15, -0.1) is 0 Å². The van der Waals surface area contributed by atoms with Gasteiger partial charge in [0.15, 0.2) is 0 Å². The van der Waals surface area contributed by atoms with Gasteiger partial charge < -0.3 is 15.4 Å². The van der Waals surface area contributed by atoms with Crippen molar-refractivity contribution in [1.29, 1.82) is 0 Å².